The van der Waals surface area contributed by atoms with Crippen LogP contribution in [-0.2, 0) is 19.6 Å². The lowest BCUT2D eigenvalue weighted by atomic mass is 9.99. The Balaban J connectivity index is 1.59. The first-order valence-corrected chi connectivity index (χ1v) is 10.3. The van der Waals surface area contributed by atoms with Crippen molar-refractivity contribution in [3.05, 3.63) is 90.1 Å². The van der Waals surface area contributed by atoms with E-state index in [4.69, 9.17) is 4.74 Å². The fraction of sp³-hybridized carbons (Fsp3) is 0.231. The second kappa shape index (κ2) is 7.55. The van der Waals surface area contributed by atoms with Gasteiger partial charge in [-0.2, -0.15) is 0 Å². The van der Waals surface area contributed by atoms with Crippen molar-refractivity contribution in [2.45, 2.75) is 38.8 Å². The first kappa shape index (κ1) is 17.1. The fourth-order valence-electron chi connectivity index (χ4n) is 4.40. The standard InChI is InChI=1S/C26H25NO/c1-4-10-20(11-5-1)19-28-22-15-16-24-23(18-22)26(21-12-6-2-7-13-21)25-14-8-3-9-17-27(24)25/h1-2,4-7,10-13,15-16,18H,3,8-9,14,17,19H2. The van der Waals surface area contributed by atoms with Gasteiger partial charge in [-0.05, 0) is 48.6 Å². The fourth-order valence-corrected chi connectivity index (χ4v) is 4.40. The molecule has 4 aromatic rings. The Bertz CT molecular complexity index is 1080. The minimum Gasteiger partial charge on any atom is -0.489 e. The van der Waals surface area contributed by atoms with Gasteiger partial charge >= 0.3 is 0 Å². The van der Waals surface area contributed by atoms with Gasteiger partial charge in [-0.3, -0.25) is 0 Å². The van der Waals surface area contributed by atoms with Crippen LogP contribution in [0, 0.1) is 0 Å². The Labute approximate surface area is 166 Å². The van der Waals surface area contributed by atoms with Gasteiger partial charge in [0.1, 0.15) is 12.4 Å². The number of nitrogens with zero attached hydrogens (tertiary/aromatic N) is 1. The molecule has 0 amide bonds. The van der Waals surface area contributed by atoms with Crippen molar-refractivity contribution in [3.63, 3.8) is 0 Å². The number of hydrogen-bond donors (Lipinski definition) is 0. The smallest absolute Gasteiger partial charge is 0.120 e. The van der Waals surface area contributed by atoms with Crippen LogP contribution in [0.1, 0.15) is 30.5 Å². The number of rotatable bonds is 4. The van der Waals surface area contributed by atoms with Gasteiger partial charge in [-0.15, -0.1) is 0 Å². The van der Waals surface area contributed by atoms with E-state index in [0.717, 1.165) is 18.7 Å². The van der Waals surface area contributed by atoms with Crippen LogP contribution in [0.15, 0.2) is 78.9 Å². The van der Waals surface area contributed by atoms with E-state index in [1.165, 1.54) is 52.5 Å². The highest BCUT2D eigenvalue weighted by Crippen LogP contribution is 2.39. The van der Waals surface area contributed by atoms with Crippen LogP contribution in [-0.4, -0.2) is 4.57 Å². The highest BCUT2D eigenvalue weighted by molar-refractivity contribution is 5.99. The predicted octanol–water partition coefficient (Wildman–Crippen LogP) is 6.61. The maximum absolute atomic E-state index is 6.14. The highest BCUT2D eigenvalue weighted by atomic mass is 16.5. The van der Waals surface area contributed by atoms with Gasteiger partial charge in [0.15, 0.2) is 0 Å². The summed E-state index contributed by atoms with van der Waals surface area (Å²) in [5.41, 5.74) is 6.71. The molecule has 5 rings (SSSR count). The van der Waals surface area contributed by atoms with E-state index in [9.17, 15) is 0 Å². The SMILES string of the molecule is c1ccc(COc2ccc3c(c2)c(-c2ccccc2)c2n3CCCCC2)cc1. The molecule has 3 aromatic carbocycles. The van der Waals surface area contributed by atoms with E-state index in [0.29, 0.717) is 6.61 Å². The van der Waals surface area contributed by atoms with Gasteiger partial charge < -0.3 is 9.30 Å². The normalized spacial score (nSPS) is 13.9. The monoisotopic (exact) mass is 367 g/mol. The third kappa shape index (κ3) is 3.20. The molecule has 0 saturated carbocycles. The molecule has 1 aliphatic rings. The van der Waals surface area contributed by atoms with Crippen molar-refractivity contribution in [3.8, 4) is 16.9 Å². The number of aromatic nitrogens is 1. The average Bonchev–Trinajstić information content (AvgIpc) is 2.89. The molecular weight excluding hydrogens is 342 g/mol. The minimum atomic E-state index is 0.598. The minimum absolute atomic E-state index is 0.598. The van der Waals surface area contributed by atoms with Crippen LogP contribution in [0.4, 0.5) is 0 Å². The number of fused-ring (bicyclic) bond motifs is 3. The number of aryl methyl sites for hydroxylation is 1. The van der Waals surface area contributed by atoms with E-state index >= 15 is 0 Å². The zero-order valence-corrected chi connectivity index (χ0v) is 16.1. The molecule has 0 bridgehead atoms. The second-order valence-electron chi connectivity index (χ2n) is 7.60. The van der Waals surface area contributed by atoms with Crippen LogP contribution in [0.25, 0.3) is 22.0 Å². The van der Waals surface area contributed by atoms with E-state index in [1.54, 1.807) is 0 Å². The summed E-state index contributed by atoms with van der Waals surface area (Å²) in [6, 6.07) is 27.8. The third-order valence-electron chi connectivity index (χ3n) is 5.75. The molecule has 2 nitrogen and oxygen atoms in total. The number of hydrogen-bond acceptors (Lipinski definition) is 1. The van der Waals surface area contributed by atoms with Crippen molar-refractivity contribution < 1.29 is 4.74 Å². The summed E-state index contributed by atoms with van der Waals surface area (Å²) in [4.78, 5) is 0. The van der Waals surface area contributed by atoms with Gasteiger partial charge in [0, 0.05) is 28.7 Å². The summed E-state index contributed by atoms with van der Waals surface area (Å²) in [5, 5.41) is 1.31. The third-order valence-corrected chi connectivity index (χ3v) is 5.75. The molecule has 2 heterocycles. The molecule has 28 heavy (non-hydrogen) atoms. The Kier molecular flexibility index (Phi) is 4.62. The number of ether oxygens (including phenoxy) is 1. The van der Waals surface area contributed by atoms with Crippen molar-refractivity contribution in [1.29, 1.82) is 0 Å². The lowest BCUT2D eigenvalue weighted by Crippen LogP contribution is -2.00. The first-order chi connectivity index (χ1) is 13.9. The summed E-state index contributed by atoms with van der Waals surface area (Å²) in [6.07, 6.45) is 5.00. The Morgan fingerprint density at radius 1 is 0.786 bits per heavy atom. The van der Waals surface area contributed by atoms with E-state index in [-0.39, 0.29) is 0 Å². The summed E-state index contributed by atoms with van der Waals surface area (Å²) in [7, 11) is 0. The van der Waals surface area contributed by atoms with Crippen molar-refractivity contribution >= 4 is 10.9 Å². The molecule has 1 aromatic heterocycles. The molecule has 0 N–H and O–H groups in total. The molecule has 0 spiro atoms. The van der Waals surface area contributed by atoms with E-state index in [2.05, 4.69) is 77.4 Å². The summed E-state index contributed by atoms with van der Waals surface area (Å²) >= 11 is 0. The Morgan fingerprint density at radius 2 is 1.57 bits per heavy atom. The van der Waals surface area contributed by atoms with Crippen LogP contribution in [0.2, 0.25) is 0 Å². The van der Waals surface area contributed by atoms with Gasteiger partial charge in [0.05, 0.1) is 0 Å². The Hall–Kier alpha value is -3.00. The zero-order valence-electron chi connectivity index (χ0n) is 16.1. The molecule has 2 heteroatoms. The summed E-state index contributed by atoms with van der Waals surface area (Å²) < 4.78 is 8.69. The van der Waals surface area contributed by atoms with Crippen molar-refractivity contribution in [1.82, 2.24) is 4.57 Å². The average molecular weight is 367 g/mol. The van der Waals surface area contributed by atoms with E-state index < -0.39 is 0 Å². The molecule has 140 valence electrons. The lowest BCUT2D eigenvalue weighted by molar-refractivity contribution is 0.306. The van der Waals surface area contributed by atoms with Gasteiger partial charge in [-0.25, -0.2) is 0 Å². The second-order valence-corrected chi connectivity index (χ2v) is 7.60. The molecule has 0 radical (unpaired) electrons. The van der Waals surface area contributed by atoms with E-state index in [1.807, 2.05) is 6.07 Å². The van der Waals surface area contributed by atoms with Crippen LogP contribution >= 0.6 is 0 Å². The molecule has 0 aliphatic carbocycles. The predicted molar refractivity (Wildman–Crippen MR) is 116 cm³/mol. The molecule has 1 aliphatic heterocycles. The van der Waals surface area contributed by atoms with Crippen LogP contribution < -0.4 is 4.74 Å². The molecule has 0 atom stereocenters. The van der Waals surface area contributed by atoms with Gasteiger partial charge in [0.25, 0.3) is 0 Å². The topological polar surface area (TPSA) is 14.2 Å². The molecule has 0 fully saturated rings. The van der Waals surface area contributed by atoms with Crippen molar-refractivity contribution in [2.75, 3.05) is 0 Å². The molecular formula is C26H25NO. The maximum atomic E-state index is 6.14. The first-order valence-electron chi connectivity index (χ1n) is 10.3. The van der Waals surface area contributed by atoms with Crippen LogP contribution in [0.3, 0.4) is 0 Å². The van der Waals surface area contributed by atoms with Crippen LogP contribution in [0.5, 0.6) is 5.75 Å². The largest absolute Gasteiger partial charge is 0.489 e. The quantitative estimate of drug-likeness (QED) is 0.396. The molecule has 0 saturated heterocycles. The maximum Gasteiger partial charge on any atom is 0.120 e. The summed E-state index contributed by atoms with van der Waals surface area (Å²) in [6.45, 7) is 1.71. The zero-order chi connectivity index (χ0) is 18.8. The Morgan fingerprint density at radius 3 is 2.39 bits per heavy atom. The highest BCUT2D eigenvalue weighted by Gasteiger charge is 2.20. The van der Waals surface area contributed by atoms with Gasteiger partial charge in [0.2, 0.25) is 0 Å². The van der Waals surface area contributed by atoms with Gasteiger partial charge in [-0.1, -0.05) is 67.1 Å². The lowest BCUT2D eigenvalue weighted by Gasteiger charge is -2.08. The number of benzene rings is 3. The van der Waals surface area contributed by atoms with Crippen molar-refractivity contribution in [2.24, 2.45) is 0 Å². The summed E-state index contributed by atoms with van der Waals surface area (Å²) in [5.74, 6) is 0.939. The molecule has 0 unspecified atom stereocenters.